The first-order valence-corrected chi connectivity index (χ1v) is 4.85. The zero-order chi connectivity index (χ0) is 11.3. The molecule has 0 aliphatic carbocycles. The predicted octanol–water partition coefficient (Wildman–Crippen LogP) is -0.408. The van der Waals surface area contributed by atoms with E-state index in [2.05, 4.69) is 10.6 Å². The number of nitrogens with zero attached hydrogens (tertiary/aromatic N) is 1. The van der Waals surface area contributed by atoms with Crippen LogP contribution in [-0.4, -0.2) is 49.3 Å². The van der Waals surface area contributed by atoms with Crippen molar-refractivity contribution in [1.29, 1.82) is 0 Å². The number of dihydropyridines is 1. The molecule has 1 atom stereocenters. The maximum absolute atomic E-state index is 10.9. The van der Waals surface area contributed by atoms with Crippen LogP contribution in [0, 0.1) is 0 Å². The Kier molecular flexibility index (Phi) is 4.33. The molecule has 1 heterocycles. The van der Waals surface area contributed by atoms with E-state index in [0.717, 1.165) is 13.1 Å². The molecule has 0 fully saturated rings. The maximum Gasteiger partial charge on any atom is 0.335 e. The van der Waals surface area contributed by atoms with E-state index in [1.807, 2.05) is 19.0 Å². The fourth-order valence-electron chi connectivity index (χ4n) is 1.29. The van der Waals surface area contributed by atoms with Crippen LogP contribution in [0.3, 0.4) is 0 Å². The normalized spacial score (nSPS) is 19.9. The molecule has 0 radical (unpaired) electrons. The maximum atomic E-state index is 10.9. The number of carboxylic acid groups (broad SMARTS) is 1. The monoisotopic (exact) mass is 211 g/mol. The van der Waals surface area contributed by atoms with Gasteiger partial charge in [0.25, 0.3) is 0 Å². The van der Waals surface area contributed by atoms with Crippen LogP contribution >= 0.6 is 0 Å². The summed E-state index contributed by atoms with van der Waals surface area (Å²) in [6.45, 7) is 1.61. The zero-order valence-electron chi connectivity index (χ0n) is 9.03. The first-order valence-electron chi connectivity index (χ1n) is 4.85. The number of likely N-dealkylation sites (N-methyl/N-ethyl adjacent to an activating group) is 1. The minimum absolute atomic E-state index is 0.299. The number of carboxylic acids is 1. The van der Waals surface area contributed by atoms with Crippen LogP contribution in [0.25, 0.3) is 0 Å². The van der Waals surface area contributed by atoms with E-state index >= 15 is 0 Å². The van der Waals surface area contributed by atoms with Crippen LogP contribution in [0.4, 0.5) is 0 Å². The molecular formula is C10H17N3O2. The van der Waals surface area contributed by atoms with Crippen LogP contribution in [0.5, 0.6) is 0 Å². The van der Waals surface area contributed by atoms with Gasteiger partial charge in [-0.2, -0.15) is 0 Å². The first kappa shape index (κ1) is 11.7. The summed E-state index contributed by atoms with van der Waals surface area (Å²) in [6.07, 6.45) is 4.73. The minimum atomic E-state index is -0.894. The molecule has 0 aromatic rings. The number of nitrogens with one attached hydrogen (secondary N) is 2. The van der Waals surface area contributed by atoms with Gasteiger partial charge in [-0.25, -0.2) is 4.79 Å². The molecule has 15 heavy (non-hydrogen) atoms. The van der Waals surface area contributed by atoms with Gasteiger partial charge in [0.05, 0.1) is 5.57 Å². The van der Waals surface area contributed by atoms with Gasteiger partial charge < -0.3 is 15.3 Å². The molecule has 1 rings (SSSR count). The van der Waals surface area contributed by atoms with Crippen molar-refractivity contribution in [2.45, 2.75) is 6.17 Å². The van der Waals surface area contributed by atoms with Crippen molar-refractivity contribution in [2.75, 3.05) is 27.2 Å². The predicted molar refractivity (Wildman–Crippen MR) is 58.3 cm³/mol. The summed E-state index contributed by atoms with van der Waals surface area (Å²) in [5.41, 5.74) is 0.344. The molecule has 0 aromatic heterocycles. The van der Waals surface area contributed by atoms with E-state index in [9.17, 15) is 4.79 Å². The number of hydrogen-bond acceptors (Lipinski definition) is 4. The Balaban J connectivity index is 2.44. The number of allylic oxidation sites excluding steroid dienone is 2. The summed E-state index contributed by atoms with van der Waals surface area (Å²) in [5, 5.41) is 15.0. The standard InChI is InChI=1S/C10H17N3O2/c1-13(2)7-6-12-9-8(10(14)15)4-3-5-11-9/h3-5,9,11-12H,6-7H2,1-2H3,(H,14,15). The highest BCUT2D eigenvalue weighted by molar-refractivity contribution is 5.88. The van der Waals surface area contributed by atoms with Gasteiger partial charge >= 0.3 is 5.97 Å². The molecule has 0 saturated heterocycles. The van der Waals surface area contributed by atoms with Crippen LogP contribution < -0.4 is 10.6 Å². The van der Waals surface area contributed by atoms with E-state index in [1.165, 1.54) is 0 Å². The third kappa shape index (κ3) is 3.73. The van der Waals surface area contributed by atoms with Crippen molar-refractivity contribution < 1.29 is 9.90 Å². The number of rotatable bonds is 5. The lowest BCUT2D eigenvalue weighted by Crippen LogP contribution is -2.46. The van der Waals surface area contributed by atoms with Gasteiger partial charge in [-0.15, -0.1) is 0 Å². The second-order valence-electron chi connectivity index (χ2n) is 3.64. The van der Waals surface area contributed by atoms with Gasteiger partial charge in [0.1, 0.15) is 6.17 Å². The lowest BCUT2D eigenvalue weighted by molar-refractivity contribution is -0.133. The van der Waals surface area contributed by atoms with E-state index < -0.39 is 5.97 Å². The molecule has 84 valence electrons. The van der Waals surface area contributed by atoms with Gasteiger partial charge in [0, 0.05) is 13.1 Å². The summed E-state index contributed by atoms with van der Waals surface area (Å²) in [7, 11) is 3.95. The molecule has 1 unspecified atom stereocenters. The van der Waals surface area contributed by atoms with E-state index in [4.69, 9.17) is 5.11 Å². The molecular weight excluding hydrogens is 194 g/mol. The zero-order valence-corrected chi connectivity index (χ0v) is 9.03. The molecule has 0 aromatic carbocycles. The summed E-state index contributed by atoms with van der Waals surface area (Å²) in [4.78, 5) is 12.9. The summed E-state index contributed by atoms with van der Waals surface area (Å²) >= 11 is 0. The van der Waals surface area contributed by atoms with Crippen molar-refractivity contribution in [3.8, 4) is 0 Å². The largest absolute Gasteiger partial charge is 0.478 e. The third-order valence-corrected chi connectivity index (χ3v) is 2.10. The Hall–Kier alpha value is -1.33. The number of hydrogen-bond donors (Lipinski definition) is 3. The van der Waals surface area contributed by atoms with Gasteiger partial charge in [0.2, 0.25) is 0 Å². The van der Waals surface area contributed by atoms with E-state index in [-0.39, 0.29) is 6.17 Å². The lowest BCUT2D eigenvalue weighted by Gasteiger charge is -2.22. The molecule has 5 nitrogen and oxygen atoms in total. The van der Waals surface area contributed by atoms with Crippen molar-refractivity contribution in [3.05, 3.63) is 23.9 Å². The highest BCUT2D eigenvalue weighted by atomic mass is 16.4. The molecule has 0 saturated carbocycles. The Morgan fingerprint density at radius 1 is 1.67 bits per heavy atom. The Morgan fingerprint density at radius 3 is 3.00 bits per heavy atom. The number of carbonyl (C=O) groups is 1. The molecule has 1 aliphatic rings. The van der Waals surface area contributed by atoms with Crippen LogP contribution in [-0.2, 0) is 4.79 Å². The highest BCUT2D eigenvalue weighted by Gasteiger charge is 2.19. The Bertz CT molecular complexity index is 284. The second-order valence-corrected chi connectivity index (χ2v) is 3.64. The summed E-state index contributed by atoms with van der Waals surface area (Å²) in [5.74, 6) is -0.894. The van der Waals surface area contributed by atoms with Crippen molar-refractivity contribution >= 4 is 5.97 Å². The minimum Gasteiger partial charge on any atom is -0.478 e. The van der Waals surface area contributed by atoms with Gasteiger partial charge in [0.15, 0.2) is 0 Å². The van der Waals surface area contributed by atoms with E-state index in [0.29, 0.717) is 5.57 Å². The fourth-order valence-corrected chi connectivity index (χ4v) is 1.29. The van der Waals surface area contributed by atoms with E-state index in [1.54, 1.807) is 18.4 Å². The average molecular weight is 211 g/mol. The molecule has 0 amide bonds. The molecule has 3 N–H and O–H groups in total. The Morgan fingerprint density at radius 2 is 2.40 bits per heavy atom. The third-order valence-electron chi connectivity index (χ3n) is 2.10. The SMILES string of the molecule is CN(C)CCNC1NC=CC=C1C(=O)O. The van der Waals surface area contributed by atoms with Crippen molar-refractivity contribution in [3.63, 3.8) is 0 Å². The topological polar surface area (TPSA) is 64.6 Å². The summed E-state index contributed by atoms with van der Waals surface area (Å²) < 4.78 is 0. The average Bonchev–Trinajstić information content (AvgIpc) is 2.17. The van der Waals surface area contributed by atoms with Crippen molar-refractivity contribution in [1.82, 2.24) is 15.5 Å². The van der Waals surface area contributed by atoms with Gasteiger partial charge in [-0.1, -0.05) is 0 Å². The van der Waals surface area contributed by atoms with Crippen LogP contribution in [0.15, 0.2) is 23.9 Å². The van der Waals surface area contributed by atoms with Crippen LogP contribution in [0.2, 0.25) is 0 Å². The first-order chi connectivity index (χ1) is 7.11. The smallest absolute Gasteiger partial charge is 0.335 e. The molecule has 5 heteroatoms. The van der Waals surface area contributed by atoms with Gasteiger partial charge in [-0.3, -0.25) is 5.32 Å². The molecule has 0 spiro atoms. The van der Waals surface area contributed by atoms with Crippen molar-refractivity contribution in [2.24, 2.45) is 0 Å². The molecule has 0 bridgehead atoms. The summed E-state index contributed by atoms with van der Waals surface area (Å²) in [6, 6.07) is 0. The van der Waals surface area contributed by atoms with Gasteiger partial charge in [-0.05, 0) is 32.4 Å². The Labute approximate surface area is 89.5 Å². The quantitative estimate of drug-likeness (QED) is 0.577. The number of aliphatic carboxylic acids is 1. The fraction of sp³-hybridized carbons (Fsp3) is 0.500. The highest BCUT2D eigenvalue weighted by Crippen LogP contribution is 2.04. The second kappa shape index (κ2) is 5.53. The van der Waals surface area contributed by atoms with Crippen LogP contribution in [0.1, 0.15) is 0 Å². The lowest BCUT2D eigenvalue weighted by atomic mass is 10.1. The molecule has 1 aliphatic heterocycles.